The second-order valence-electron chi connectivity index (χ2n) is 6.73. The Morgan fingerprint density at radius 2 is 1.93 bits per heavy atom. The molecule has 1 fully saturated rings. The summed E-state index contributed by atoms with van der Waals surface area (Å²) in [6, 6.07) is 16.7. The van der Waals surface area contributed by atoms with Crippen LogP contribution in [0, 0.1) is 0 Å². The van der Waals surface area contributed by atoms with E-state index >= 15 is 0 Å². The van der Waals surface area contributed by atoms with Crippen LogP contribution in [-0.4, -0.2) is 49.0 Å². The summed E-state index contributed by atoms with van der Waals surface area (Å²) in [5.41, 5.74) is 1.89. The number of likely N-dealkylation sites (tertiary alicyclic amines) is 1. The third-order valence-electron chi connectivity index (χ3n) is 4.74. The van der Waals surface area contributed by atoms with E-state index < -0.39 is 0 Å². The summed E-state index contributed by atoms with van der Waals surface area (Å²) in [5, 5.41) is 13.1. The summed E-state index contributed by atoms with van der Waals surface area (Å²) in [5.74, 6) is 0.830. The summed E-state index contributed by atoms with van der Waals surface area (Å²) in [4.78, 5) is 20.2. The molecule has 1 aliphatic heterocycles. The van der Waals surface area contributed by atoms with Crippen LogP contribution in [0.1, 0.15) is 22.3 Å². The van der Waals surface area contributed by atoms with Crippen molar-refractivity contribution < 1.29 is 9.32 Å². The molecule has 9 heteroatoms. The Hall–Kier alpha value is -3.52. The van der Waals surface area contributed by atoms with Crippen LogP contribution in [-0.2, 0) is 0 Å². The number of carbonyl (C=O) groups excluding carboxylic acids is 1. The van der Waals surface area contributed by atoms with Gasteiger partial charge in [0.05, 0.1) is 17.8 Å². The molecule has 4 aromatic rings. The highest BCUT2D eigenvalue weighted by Crippen LogP contribution is 2.29. The van der Waals surface area contributed by atoms with E-state index in [9.17, 15) is 4.79 Å². The van der Waals surface area contributed by atoms with E-state index in [2.05, 4.69) is 20.3 Å². The fourth-order valence-electron chi connectivity index (χ4n) is 3.16. The SMILES string of the molecule is O=C(c1cnn(-c2ccccc2)n1)N1CC(c2nc(-c3cccc(Cl)c3)no2)C1. The first-order chi connectivity index (χ1) is 14.2. The molecule has 5 rings (SSSR count). The molecule has 0 aliphatic carbocycles. The summed E-state index contributed by atoms with van der Waals surface area (Å²) in [6.07, 6.45) is 1.48. The van der Waals surface area contributed by atoms with Crippen molar-refractivity contribution in [3.63, 3.8) is 0 Å². The monoisotopic (exact) mass is 406 g/mol. The average Bonchev–Trinajstić information content (AvgIpc) is 3.38. The molecule has 144 valence electrons. The minimum absolute atomic E-state index is 0.00329. The molecular formula is C20H15ClN6O2. The number of carbonyl (C=O) groups is 1. The third kappa shape index (κ3) is 3.38. The topological polar surface area (TPSA) is 89.9 Å². The Balaban J connectivity index is 1.24. The van der Waals surface area contributed by atoms with Gasteiger partial charge in [0.15, 0.2) is 5.69 Å². The van der Waals surface area contributed by atoms with Gasteiger partial charge in [-0.2, -0.15) is 14.9 Å². The number of benzene rings is 2. The van der Waals surface area contributed by atoms with Crippen LogP contribution in [0.2, 0.25) is 5.02 Å². The molecule has 0 atom stereocenters. The summed E-state index contributed by atoms with van der Waals surface area (Å²) < 4.78 is 5.38. The summed E-state index contributed by atoms with van der Waals surface area (Å²) in [6.45, 7) is 0.989. The Morgan fingerprint density at radius 3 is 2.72 bits per heavy atom. The van der Waals surface area contributed by atoms with Crippen molar-refractivity contribution in [2.75, 3.05) is 13.1 Å². The summed E-state index contributed by atoms with van der Waals surface area (Å²) in [7, 11) is 0. The number of halogens is 1. The lowest BCUT2D eigenvalue weighted by atomic mass is 10.00. The quantitative estimate of drug-likeness (QED) is 0.517. The predicted octanol–water partition coefficient (Wildman–Crippen LogP) is 3.21. The van der Waals surface area contributed by atoms with Gasteiger partial charge < -0.3 is 9.42 Å². The van der Waals surface area contributed by atoms with E-state index in [4.69, 9.17) is 16.1 Å². The van der Waals surface area contributed by atoms with Crippen molar-refractivity contribution in [2.45, 2.75) is 5.92 Å². The predicted molar refractivity (Wildman–Crippen MR) is 105 cm³/mol. The first-order valence-corrected chi connectivity index (χ1v) is 9.42. The van der Waals surface area contributed by atoms with Crippen molar-refractivity contribution >= 4 is 17.5 Å². The molecule has 1 amide bonds. The normalized spacial score (nSPS) is 14.0. The fourth-order valence-corrected chi connectivity index (χ4v) is 3.35. The van der Waals surface area contributed by atoms with Crippen LogP contribution in [0.3, 0.4) is 0 Å². The number of nitrogens with zero attached hydrogens (tertiary/aromatic N) is 6. The largest absolute Gasteiger partial charge is 0.339 e. The molecule has 0 bridgehead atoms. The van der Waals surface area contributed by atoms with Crippen LogP contribution < -0.4 is 0 Å². The maximum atomic E-state index is 12.6. The van der Waals surface area contributed by atoms with Crippen molar-refractivity contribution in [3.05, 3.63) is 77.4 Å². The lowest BCUT2D eigenvalue weighted by Gasteiger charge is -2.36. The van der Waals surface area contributed by atoms with Crippen molar-refractivity contribution in [3.8, 4) is 17.1 Å². The highest BCUT2D eigenvalue weighted by Gasteiger charge is 2.37. The number of hydrogen-bond donors (Lipinski definition) is 0. The van der Waals surface area contributed by atoms with E-state index in [-0.39, 0.29) is 11.8 Å². The zero-order chi connectivity index (χ0) is 19.8. The van der Waals surface area contributed by atoms with Crippen LogP contribution >= 0.6 is 11.6 Å². The number of amides is 1. The average molecular weight is 407 g/mol. The molecule has 1 aliphatic rings. The molecule has 0 saturated carbocycles. The van der Waals surface area contributed by atoms with Crippen LogP contribution in [0.25, 0.3) is 17.1 Å². The third-order valence-corrected chi connectivity index (χ3v) is 4.98. The zero-order valence-electron chi connectivity index (χ0n) is 15.1. The van der Waals surface area contributed by atoms with E-state index in [1.807, 2.05) is 42.5 Å². The van der Waals surface area contributed by atoms with Crippen molar-refractivity contribution in [1.29, 1.82) is 0 Å². The standard InChI is InChI=1S/C20H15ClN6O2/c21-15-6-4-5-13(9-15)18-23-19(29-25-18)14-11-26(12-14)20(28)17-10-22-27(24-17)16-7-2-1-3-8-16/h1-10,14H,11-12H2. The van der Waals surface area contributed by atoms with Gasteiger partial charge in [0.25, 0.3) is 5.91 Å². The zero-order valence-corrected chi connectivity index (χ0v) is 15.9. The Morgan fingerprint density at radius 1 is 1.10 bits per heavy atom. The molecule has 2 aromatic heterocycles. The van der Waals surface area contributed by atoms with Crippen LogP contribution in [0.5, 0.6) is 0 Å². The molecule has 1 saturated heterocycles. The number of aromatic nitrogens is 5. The van der Waals surface area contributed by atoms with Gasteiger partial charge in [-0.05, 0) is 24.3 Å². The van der Waals surface area contributed by atoms with Crippen LogP contribution in [0.15, 0.2) is 65.3 Å². The van der Waals surface area contributed by atoms with Gasteiger partial charge in [-0.1, -0.05) is 47.1 Å². The lowest BCUT2D eigenvalue weighted by Crippen LogP contribution is -2.48. The Bertz CT molecular complexity index is 1170. The second-order valence-corrected chi connectivity index (χ2v) is 7.16. The molecule has 0 radical (unpaired) electrons. The lowest BCUT2D eigenvalue weighted by molar-refractivity contribution is 0.0562. The van der Waals surface area contributed by atoms with E-state index in [0.29, 0.717) is 35.5 Å². The minimum Gasteiger partial charge on any atom is -0.339 e. The Kier molecular flexibility index (Phi) is 4.33. The minimum atomic E-state index is -0.169. The fraction of sp³-hybridized carbons (Fsp3) is 0.150. The second kappa shape index (κ2) is 7.14. The maximum Gasteiger partial charge on any atom is 0.276 e. The van der Waals surface area contributed by atoms with E-state index in [1.54, 1.807) is 17.0 Å². The molecule has 0 unspecified atom stereocenters. The molecule has 0 spiro atoms. The highest BCUT2D eigenvalue weighted by molar-refractivity contribution is 6.30. The van der Waals surface area contributed by atoms with Gasteiger partial charge >= 0.3 is 0 Å². The van der Waals surface area contributed by atoms with Crippen molar-refractivity contribution in [2.24, 2.45) is 0 Å². The molecule has 0 N–H and O–H groups in total. The van der Waals surface area contributed by atoms with E-state index in [0.717, 1.165) is 11.3 Å². The van der Waals surface area contributed by atoms with Gasteiger partial charge in [-0.3, -0.25) is 4.79 Å². The highest BCUT2D eigenvalue weighted by atomic mass is 35.5. The molecular weight excluding hydrogens is 392 g/mol. The molecule has 3 heterocycles. The summed E-state index contributed by atoms with van der Waals surface area (Å²) >= 11 is 6.01. The Labute approximate surface area is 170 Å². The maximum absolute atomic E-state index is 12.6. The van der Waals surface area contributed by atoms with Gasteiger partial charge in [0.2, 0.25) is 11.7 Å². The molecule has 8 nitrogen and oxygen atoms in total. The smallest absolute Gasteiger partial charge is 0.276 e. The van der Waals surface area contributed by atoms with Gasteiger partial charge in [-0.15, -0.1) is 5.10 Å². The molecule has 2 aromatic carbocycles. The van der Waals surface area contributed by atoms with E-state index in [1.165, 1.54) is 11.0 Å². The molecule has 29 heavy (non-hydrogen) atoms. The number of para-hydroxylation sites is 1. The first kappa shape index (κ1) is 17.6. The van der Waals surface area contributed by atoms with Gasteiger partial charge in [0.1, 0.15) is 0 Å². The van der Waals surface area contributed by atoms with Crippen LogP contribution in [0.4, 0.5) is 0 Å². The number of rotatable bonds is 4. The van der Waals surface area contributed by atoms with Crippen molar-refractivity contribution in [1.82, 2.24) is 30.0 Å². The number of hydrogen-bond acceptors (Lipinski definition) is 6. The van der Waals surface area contributed by atoms with Gasteiger partial charge in [0, 0.05) is 23.7 Å². The van der Waals surface area contributed by atoms with Gasteiger partial charge in [-0.25, -0.2) is 0 Å². The first-order valence-electron chi connectivity index (χ1n) is 9.04.